The molecule has 3 aromatic rings. The quantitative estimate of drug-likeness (QED) is 0.589. The van der Waals surface area contributed by atoms with E-state index in [9.17, 15) is 0 Å². The zero-order valence-corrected chi connectivity index (χ0v) is 15.6. The van der Waals surface area contributed by atoms with Gasteiger partial charge in [-0.15, -0.1) is 10.2 Å². The average Bonchev–Trinajstić information content (AvgIpc) is 3.20. The van der Waals surface area contributed by atoms with Crippen molar-refractivity contribution >= 4 is 11.3 Å². The summed E-state index contributed by atoms with van der Waals surface area (Å²) in [6.07, 6.45) is 0. The lowest BCUT2D eigenvalue weighted by Crippen LogP contribution is -2.13. The number of hydrogen-bond donors (Lipinski definition) is 0. The van der Waals surface area contributed by atoms with Crippen LogP contribution >= 0.6 is 11.3 Å². The largest absolute Gasteiger partial charge is 0.491 e. The SMILES string of the molecule is c1cc2cc(c1)-c1nnc(s1)-c1cccc(c1)OCCOCCOCCO2. The molecule has 2 heterocycles. The second-order valence-electron chi connectivity index (χ2n) is 5.89. The van der Waals surface area contributed by atoms with Gasteiger partial charge in [0.1, 0.15) is 34.7 Å². The topological polar surface area (TPSA) is 62.7 Å². The molecule has 140 valence electrons. The van der Waals surface area contributed by atoms with Crippen LogP contribution in [0, 0.1) is 0 Å². The Morgan fingerprint density at radius 2 is 1.11 bits per heavy atom. The van der Waals surface area contributed by atoms with Gasteiger partial charge in [-0.2, -0.15) is 0 Å². The molecule has 1 aliphatic rings. The van der Waals surface area contributed by atoms with Gasteiger partial charge in [0.05, 0.1) is 26.4 Å². The Kier molecular flexibility index (Phi) is 5.93. The highest BCUT2D eigenvalue weighted by molar-refractivity contribution is 7.17. The monoisotopic (exact) mass is 384 g/mol. The fourth-order valence-corrected chi connectivity index (χ4v) is 3.49. The van der Waals surface area contributed by atoms with E-state index in [1.165, 1.54) is 0 Å². The summed E-state index contributed by atoms with van der Waals surface area (Å²) in [5, 5.41) is 10.4. The molecular weight excluding hydrogens is 364 g/mol. The van der Waals surface area contributed by atoms with Crippen LogP contribution in [0.4, 0.5) is 0 Å². The summed E-state index contributed by atoms with van der Waals surface area (Å²) < 4.78 is 22.6. The van der Waals surface area contributed by atoms with Gasteiger partial charge in [0.25, 0.3) is 0 Å². The lowest BCUT2D eigenvalue weighted by molar-refractivity contribution is 0.0274. The second kappa shape index (κ2) is 8.94. The van der Waals surface area contributed by atoms with Crippen LogP contribution in [0.5, 0.6) is 11.5 Å². The number of rotatable bonds is 0. The number of ether oxygens (including phenoxy) is 4. The Balaban J connectivity index is 1.60. The fourth-order valence-electron chi connectivity index (χ4n) is 2.65. The van der Waals surface area contributed by atoms with Crippen molar-refractivity contribution in [2.45, 2.75) is 0 Å². The molecule has 27 heavy (non-hydrogen) atoms. The summed E-state index contributed by atoms with van der Waals surface area (Å²) in [5.74, 6) is 1.58. The first-order chi connectivity index (χ1) is 13.4. The maximum absolute atomic E-state index is 5.77. The number of benzene rings is 2. The van der Waals surface area contributed by atoms with E-state index in [1.54, 1.807) is 11.3 Å². The molecular formula is C20H20N2O4S. The molecule has 1 aromatic heterocycles. The normalized spacial score (nSPS) is 15.6. The summed E-state index contributed by atoms with van der Waals surface area (Å²) in [5.41, 5.74) is 1.96. The molecule has 0 N–H and O–H groups in total. The molecule has 6 nitrogen and oxygen atoms in total. The standard InChI is InChI=1S/C20H20N2O4S/c1-3-15-13-17(5-1)25-11-9-23-7-8-24-10-12-26-18-6-2-4-16(14-18)20-22-21-19(15)27-20/h1-6,13-14H,7-12H2. The van der Waals surface area contributed by atoms with Crippen LogP contribution in [0.2, 0.25) is 0 Å². The van der Waals surface area contributed by atoms with E-state index in [0.717, 1.165) is 32.6 Å². The van der Waals surface area contributed by atoms with Gasteiger partial charge in [0, 0.05) is 11.1 Å². The third-order valence-electron chi connectivity index (χ3n) is 3.95. The first-order valence-corrected chi connectivity index (χ1v) is 9.65. The Labute approximate surface area is 161 Å². The van der Waals surface area contributed by atoms with E-state index < -0.39 is 0 Å². The Morgan fingerprint density at radius 3 is 1.63 bits per heavy atom. The van der Waals surface area contributed by atoms with Gasteiger partial charge < -0.3 is 18.9 Å². The minimum absolute atomic E-state index is 0.486. The van der Waals surface area contributed by atoms with E-state index >= 15 is 0 Å². The van der Waals surface area contributed by atoms with E-state index in [1.807, 2.05) is 48.5 Å². The average molecular weight is 384 g/mol. The van der Waals surface area contributed by atoms with Crippen molar-refractivity contribution in [1.29, 1.82) is 0 Å². The number of nitrogens with zero attached hydrogens (tertiary/aromatic N) is 2. The number of aromatic nitrogens is 2. The van der Waals surface area contributed by atoms with Crippen molar-refractivity contribution in [2.24, 2.45) is 0 Å². The minimum atomic E-state index is 0.486. The predicted molar refractivity (Wildman–Crippen MR) is 103 cm³/mol. The third kappa shape index (κ3) is 4.82. The highest BCUT2D eigenvalue weighted by atomic mass is 32.1. The minimum Gasteiger partial charge on any atom is -0.491 e. The molecule has 6 bridgehead atoms. The first kappa shape index (κ1) is 17.9. The van der Waals surface area contributed by atoms with Crippen molar-refractivity contribution in [1.82, 2.24) is 10.2 Å². The molecule has 0 aliphatic carbocycles. The van der Waals surface area contributed by atoms with E-state index in [4.69, 9.17) is 18.9 Å². The zero-order valence-electron chi connectivity index (χ0n) is 14.8. The summed E-state index contributed by atoms with van der Waals surface area (Å²) in [7, 11) is 0. The Hall–Kier alpha value is -2.48. The summed E-state index contributed by atoms with van der Waals surface area (Å²) >= 11 is 1.54. The molecule has 1 aliphatic heterocycles. The molecule has 2 aromatic carbocycles. The maximum Gasteiger partial charge on any atom is 0.148 e. The summed E-state index contributed by atoms with van der Waals surface area (Å²) in [6, 6.07) is 15.7. The third-order valence-corrected chi connectivity index (χ3v) is 4.97. The molecule has 0 atom stereocenters. The fraction of sp³-hybridized carbons (Fsp3) is 0.300. The van der Waals surface area contributed by atoms with Gasteiger partial charge in [-0.1, -0.05) is 35.6 Å². The Morgan fingerprint density at radius 1 is 0.630 bits per heavy atom. The number of fused-ring (bicyclic) bond motifs is 8. The molecule has 4 rings (SSSR count). The van der Waals surface area contributed by atoms with Crippen LogP contribution in [0.25, 0.3) is 21.1 Å². The van der Waals surface area contributed by atoms with Gasteiger partial charge in [-0.3, -0.25) is 0 Å². The van der Waals surface area contributed by atoms with E-state index in [0.29, 0.717) is 39.6 Å². The smallest absolute Gasteiger partial charge is 0.148 e. The lowest BCUT2D eigenvalue weighted by Gasteiger charge is -2.09. The van der Waals surface area contributed by atoms with Crippen molar-refractivity contribution in [3.05, 3.63) is 48.5 Å². The van der Waals surface area contributed by atoms with Crippen molar-refractivity contribution < 1.29 is 18.9 Å². The molecule has 0 amide bonds. The van der Waals surface area contributed by atoms with E-state index in [2.05, 4.69) is 10.2 Å². The molecule has 0 saturated heterocycles. The van der Waals surface area contributed by atoms with Crippen molar-refractivity contribution in [3.63, 3.8) is 0 Å². The highest BCUT2D eigenvalue weighted by Crippen LogP contribution is 2.32. The molecule has 7 heteroatoms. The van der Waals surface area contributed by atoms with Gasteiger partial charge in [-0.05, 0) is 24.3 Å². The van der Waals surface area contributed by atoms with Gasteiger partial charge in [0.15, 0.2) is 0 Å². The van der Waals surface area contributed by atoms with Crippen LogP contribution in [0.3, 0.4) is 0 Å². The molecule has 0 fully saturated rings. The van der Waals surface area contributed by atoms with Crippen LogP contribution in [0.15, 0.2) is 48.5 Å². The highest BCUT2D eigenvalue weighted by Gasteiger charge is 2.10. The van der Waals surface area contributed by atoms with Crippen LogP contribution in [-0.2, 0) is 9.47 Å². The molecule has 0 unspecified atom stereocenters. The summed E-state index contributed by atoms with van der Waals surface area (Å²) in [4.78, 5) is 0. The van der Waals surface area contributed by atoms with Crippen molar-refractivity contribution in [2.75, 3.05) is 39.6 Å². The van der Waals surface area contributed by atoms with Crippen LogP contribution < -0.4 is 9.47 Å². The molecule has 0 saturated carbocycles. The van der Waals surface area contributed by atoms with Gasteiger partial charge in [0.2, 0.25) is 0 Å². The first-order valence-electron chi connectivity index (χ1n) is 8.84. The van der Waals surface area contributed by atoms with Crippen LogP contribution in [0.1, 0.15) is 0 Å². The lowest BCUT2D eigenvalue weighted by atomic mass is 10.2. The Bertz CT molecular complexity index is 814. The van der Waals surface area contributed by atoms with Crippen LogP contribution in [-0.4, -0.2) is 49.8 Å². The second-order valence-corrected chi connectivity index (χ2v) is 6.87. The van der Waals surface area contributed by atoms with Gasteiger partial charge >= 0.3 is 0 Å². The maximum atomic E-state index is 5.77. The molecule has 0 spiro atoms. The summed E-state index contributed by atoms with van der Waals surface area (Å²) in [6.45, 7) is 3.07. The predicted octanol–water partition coefficient (Wildman–Crippen LogP) is 3.68. The van der Waals surface area contributed by atoms with Gasteiger partial charge in [-0.25, -0.2) is 0 Å². The van der Waals surface area contributed by atoms with E-state index in [-0.39, 0.29) is 0 Å². The number of hydrogen-bond acceptors (Lipinski definition) is 7. The zero-order chi connectivity index (χ0) is 18.3. The van der Waals surface area contributed by atoms with Crippen molar-refractivity contribution in [3.8, 4) is 32.6 Å². The molecule has 0 radical (unpaired) electrons.